The number of hydrogen-bond donors (Lipinski definition) is 0. The Morgan fingerprint density at radius 2 is 1.11 bits per heavy atom. The standard InChI is InChI=1S/C26H14F6N2O/c27-25(28,29)20-11-6-12-21(26(30,31)32)23(20)35-24-19-14-17-10-5-4-9-16(17)13-18(19)22(33-34-24)15-7-2-1-3-8-15/h1-14H. The van der Waals surface area contributed by atoms with Crippen molar-refractivity contribution in [2.75, 3.05) is 0 Å². The second-order valence-corrected chi connectivity index (χ2v) is 7.74. The van der Waals surface area contributed by atoms with E-state index < -0.39 is 35.1 Å². The topological polar surface area (TPSA) is 35.0 Å². The van der Waals surface area contributed by atoms with Gasteiger partial charge in [0.2, 0.25) is 5.88 Å². The van der Waals surface area contributed by atoms with Gasteiger partial charge in [-0.25, -0.2) is 0 Å². The quantitative estimate of drug-likeness (QED) is 0.191. The van der Waals surface area contributed by atoms with E-state index >= 15 is 0 Å². The molecule has 0 saturated heterocycles. The average molecular weight is 484 g/mol. The van der Waals surface area contributed by atoms with Crippen LogP contribution in [-0.4, -0.2) is 10.2 Å². The molecule has 3 nitrogen and oxygen atoms in total. The molecule has 0 aliphatic rings. The van der Waals surface area contributed by atoms with Crippen LogP contribution < -0.4 is 4.74 Å². The molecule has 0 spiro atoms. The van der Waals surface area contributed by atoms with Crippen LogP contribution in [-0.2, 0) is 12.4 Å². The lowest BCUT2D eigenvalue weighted by Gasteiger charge is -2.19. The molecule has 176 valence electrons. The Morgan fingerprint density at radius 3 is 1.69 bits per heavy atom. The van der Waals surface area contributed by atoms with E-state index in [0.717, 1.165) is 5.39 Å². The lowest BCUT2D eigenvalue weighted by Crippen LogP contribution is -2.14. The maximum atomic E-state index is 13.6. The summed E-state index contributed by atoms with van der Waals surface area (Å²) in [6.07, 6.45) is -10.2. The van der Waals surface area contributed by atoms with Crippen LogP contribution >= 0.6 is 0 Å². The highest BCUT2D eigenvalue weighted by molar-refractivity contribution is 6.05. The van der Waals surface area contributed by atoms with Crippen LogP contribution in [0.4, 0.5) is 26.3 Å². The van der Waals surface area contributed by atoms with Gasteiger partial charge < -0.3 is 4.74 Å². The second kappa shape index (κ2) is 8.26. The first-order chi connectivity index (χ1) is 16.6. The van der Waals surface area contributed by atoms with Gasteiger partial charge in [0.05, 0.1) is 11.1 Å². The number of rotatable bonds is 3. The average Bonchev–Trinajstić information content (AvgIpc) is 2.82. The van der Waals surface area contributed by atoms with Gasteiger partial charge in [-0.15, -0.1) is 10.2 Å². The maximum Gasteiger partial charge on any atom is 0.420 e. The number of fused-ring (bicyclic) bond motifs is 2. The van der Waals surface area contributed by atoms with Crippen LogP contribution in [0.5, 0.6) is 11.6 Å². The van der Waals surface area contributed by atoms with Crippen LogP contribution in [0.2, 0.25) is 0 Å². The lowest BCUT2D eigenvalue weighted by molar-refractivity contribution is -0.145. The molecule has 0 bridgehead atoms. The Bertz CT molecular complexity index is 1510. The van der Waals surface area contributed by atoms with Crippen LogP contribution in [0.1, 0.15) is 11.1 Å². The van der Waals surface area contributed by atoms with Crippen molar-refractivity contribution >= 4 is 21.5 Å². The highest BCUT2D eigenvalue weighted by atomic mass is 19.4. The van der Waals surface area contributed by atoms with E-state index in [2.05, 4.69) is 10.2 Å². The number of benzene rings is 4. The minimum atomic E-state index is -5.09. The van der Waals surface area contributed by atoms with Gasteiger partial charge in [-0.1, -0.05) is 60.7 Å². The van der Waals surface area contributed by atoms with E-state index in [4.69, 9.17) is 4.74 Å². The summed E-state index contributed by atoms with van der Waals surface area (Å²) in [6, 6.07) is 21.2. The molecule has 5 aromatic rings. The number of para-hydroxylation sites is 1. The fourth-order valence-electron chi connectivity index (χ4n) is 3.89. The van der Waals surface area contributed by atoms with Crippen LogP contribution in [0.25, 0.3) is 32.8 Å². The Kier molecular flexibility index (Phi) is 5.35. The van der Waals surface area contributed by atoms with Crippen LogP contribution in [0.15, 0.2) is 84.9 Å². The van der Waals surface area contributed by atoms with E-state index in [1.807, 2.05) is 12.1 Å². The first kappa shape index (κ1) is 22.6. The van der Waals surface area contributed by atoms with Crippen LogP contribution in [0.3, 0.4) is 0 Å². The predicted octanol–water partition coefficient (Wildman–Crippen LogP) is 8.28. The second-order valence-electron chi connectivity index (χ2n) is 7.74. The van der Waals surface area contributed by atoms with E-state index in [1.54, 1.807) is 54.6 Å². The fraction of sp³-hybridized carbons (Fsp3) is 0.0769. The van der Waals surface area contributed by atoms with E-state index in [1.165, 1.54) is 0 Å². The third-order valence-corrected chi connectivity index (χ3v) is 5.48. The lowest BCUT2D eigenvalue weighted by atomic mass is 10.0. The summed E-state index contributed by atoms with van der Waals surface area (Å²) in [5.74, 6) is -1.84. The molecular weight excluding hydrogens is 470 g/mol. The zero-order chi connectivity index (χ0) is 24.8. The van der Waals surface area contributed by atoms with Crippen molar-refractivity contribution in [3.05, 3.63) is 96.1 Å². The first-order valence-electron chi connectivity index (χ1n) is 10.3. The van der Waals surface area contributed by atoms with Crippen molar-refractivity contribution in [1.29, 1.82) is 0 Å². The van der Waals surface area contributed by atoms with Crippen molar-refractivity contribution in [1.82, 2.24) is 10.2 Å². The molecule has 1 heterocycles. The summed E-state index contributed by atoms with van der Waals surface area (Å²) in [5, 5.41) is 10.3. The molecule has 0 aliphatic carbocycles. The molecule has 0 atom stereocenters. The molecule has 0 unspecified atom stereocenters. The van der Waals surface area contributed by atoms with E-state index in [9.17, 15) is 26.3 Å². The van der Waals surface area contributed by atoms with Gasteiger partial charge in [-0.3, -0.25) is 0 Å². The van der Waals surface area contributed by atoms with Gasteiger partial charge in [-0.05, 0) is 35.0 Å². The van der Waals surface area contributed by atoms with Crippen LogP contribution in [0, 0.1) is 0 Å². The number of nitrogens with zero attached hydrogens (tertiary/aromatic N) is 2. The fourth-order valence-corrected chi connectivity index (χ4v) is 3.89. The number of hydrogen-bond acceptors (Lipinski definition) is 3. The summed E-state index contributed by atoms with van der Waals surface area (Å²) in [7, 11) is 0. The summed E-state index contributed by atoms with van der Waals surface area (Å²) in [4.78, 5) is 0. The molecule has 5 rings (SSSR count). The molecular formula is C26H14F6N2O. The predicted molar refractivity (Wildman–Crippen MR) is 119 cm³/mol. The Hall–Kier alpha value is -4.14. The SMILES string of the molecule is FC(F)(F)c1cccc(C(F)(F)F)c1Oc1nnc(-c2ccccc2)c2cc3ccccc3cc12. The van der Waals surface area contributed by atoms with E-state index in [0.29, 0.717) is 40.2 Å². The first-order valence-corrected chi connectivity index (χ1v) is 10.3. The molecule has 0 aliphatic heterocycles. The molecule has 0 fully saturated rings. The van der Waals surface area contributed by atoms with Gasteiger partial charge in [0, 0.05) is 16.3 Å². The van der Waals surface area contributed by atoms with Crippen molar-refractivity contribution in [3.8, 4) is 22.9 Å². The summed E-state index contributed by atoms with van der Waals surface area (Å²) >= 11 is 0. The number of aromatic nitrogens is 2. The molecule has 0 radical (unpaired) electrons. The van der Waals surface area contributed by atoms with Gasteiger partial charge >= 0.3 is 12.4 Å². The molecule has 0 saturated carbocycles. The van der Waals surface area contributed by atoms with Gasteiger partial charge in [0.15, 0.2) is 5.75 Å². The minimum Gasteiger partial charge on any atom is -0.436 e. The Labute approximate surface area is 194 Å². The molecule has 0 N–H and O–H groups in total. The van der Waals surface area contributed by atoms with Gasteiger partial charge in [0.25, 0.3) is 0 Å². The third kappa shape index (κ3) is 4.25. The number of alkyl halides is 6. The van der Waals surface area contributed by atoms with Crippen molar-refractivity contribution in [3.63, 3.8) is 0 Å². The Morgan fingerprint density at radius 1 is 0.571 bits per heavy atom. The Balaban J connectivity index is 1.79. The van der Waals surface area contributed by atoms with Crippen molar-refractivity contribution in [2.45, 2.75) is 12.4 Å². The monoisotopic (exact) mass is 484 g/mol. The third-order valence-electron chi connectivity index (χ3n) is 5.48. The molecule has 9 heteroatoms. The van der Waals surface area contributed by atoms with E-state index in [-0.39, 0.29) is 5.39 Å². The highest BCUT2D eigenvalue weighted by Crippen LogP contribution is 2.46. The zero-order valence-corrected chi connectivity index (χ0v) is 17.7. The van der Waals surface area contributed by atoms with Crippen molar-refractivity contribution < 1.29 is 31.1 Å². The van der Waals surface area contributed by atoms with Gasteiger partial charge in [-0.2, -0.15) is 26.3 Å². The smallest absolute Gasteiger partial charge is 0.420 e. The highest BCUT2D eigenvalue weighted by Gasteiger charge is 2.42. The number of halogens is 6. The maximum absolute atomic E-state index is 13.6. The largest absolute Gasteiger partial charge is 0.436 e. The molecule has 4 aromatic carbocycles. The molecule has 0 amide bonds. The number of ether oxygens (including phenoxy) is 1. The van der Waals surface area contributed by atoms with Crippen molar-refractivity contribution in [2.24, 2.45) is 0 Å². The summed E-state index contributed by atoms with van der Waals surface area (Å²) < 4.78 is 87.2. The van der Waals surface area contributed by atoms with Gasteiger partial charge in [0.1, 0.15) is 5.69 Å². The molecule has 1 aromatic heterocycles. The minimum absolute atomic E-state index is 0.225. The summed E-state index contributed by atoms with van der Waals surface area (Å²) in [6.45, 7) is 0. The molecule has 35 heavy (non-hydrogen) atoms. The zero-order valence-electron chi connectivity index (χ0n) is 17.7. The normalized spacial score (nSPS) is 12.3. The summed E-state index contributed by atoms with van der Waals surface area (Å²) in [5.41, 5.74) is -2.03.